The third-order valence-electron chi connectivity index (χ3n) is 4.27. The van der Waals surface area contributed by atoms with Crippen LogP contribution in [0.25, 0.3) is 0 Å². The first kappa shape index (κ1) is 13.9. The van der Waals surface area contributed by atoms with Gasteiger partial charge in [-0.25, -0.2) is 13.2 Å². The van der Waals surface area contributed by atoms with Gasteiger partial charge in [0.25, 0.3) is 0 Å². The Labute approximate surface area is 117 Å². The lowest BCUT2D eigenvalue weighted by atomic mass is 9.98. The van der Waals surface area contributed by atoms with Crippen LogP contribution in [0.4, 0.5) is 13.2 Å². The number of hydrogen-bond acceptors (Lipinski definition) is 2. The highest BCUT2D eigenvalue weighted by Gasteiger charge is 2.32. The fourth-order valence-electron chi connectivity index (χ4n) is 2.93. The molecule has 0 spiro atoms. The highest BCUT2D eigenvalue weighted by Crippen LogP contribution is 2.41. The monoisotopic (exact) mass is 284 g/mol. The summed E-state index contributed by atoms with van der Waals surface area (Å²) in [7, 11) is 0. The molecule has 1 aromatic rings. The molecule has 2 aliphatic rings. The van der Waals surface area contributed by atoms with E-state index in [4.69, 9.17) is 0 Å². The van der Waals surface area contributed by atoms with Crippen molar-refractivity contribution < 1.29 is 13.2 Å². The predicted octanol–water partition coefficient (Wildman–Crippen LogP) is 2.85. The van der Waals surface area contributed by atoms with Gasteiger partial charge in [0.15, 0.2) is 17.5 Å². The van der Waals surface area contributed by atoms with Gasteiger partial charge in [-0.2, -0.15) is 0 Å². The van der Waals surface area contributed by atoms with Crippen LogP contribution in [0.3, 0.4) is 0 Å². The van der Waals surface area contributed by atoms with Crippen LogP contribution in [0.5, 0.6) is 0 Å². The Kier molecular flexibility index (Phi) is 3.98. The predicted molar refractivity (Wildman–Crippen MR) is 70.8 cm³/mol. The normalized spacial score (nSPS) is 21.9. The molecule has 2 nitrogen and oxygen atoms in total. The number of piperazine rings is 1. The van der Waals surface area contributed by atoms with Gasteiger partial charge in [-0.05, 0) is 18.4 Å². The minimum Gasteiger partial charge on any atom is -0.314 e. The van der Waals surface area contributed by atoms with Crippen LogP contribution in [-0.2, 0) is 0 Å². The quantitative estimate of drug-likeness (QED) is 0.855. The lowest BCUT2D eigenvalue weighted by molar-refractivity contribution is 0.156. The molecular weight excluding hydrogens is 265 g/mol. The van der Waals surface area contributed by atoms with E-state index < -0.39 is 17.5 Å². The summed E-state index contributed by atoms with van der Waals surface area (Å²) in [6.45, 7) is 3.34. The van der Waals surface area contributed by atoms with Gasteiger partial charge in [0.2, 0.25) is 0 Å². The molecule has 5 heteroatoms. The van der Waals surface area contributed by atoms with Crippen molar-refractivity contribution in [2.45, 2.75) is 25.3 Å². The number of halogens is 3. The molecular formula is C15H19F3N2. The summed E-state index contributed by atoms with van der Waals surface area (Å²) in [4.78, 5) is 2.19. The molecule has 1 atom stereocenters. The summed E-state index contributed by atoms with van der Waals surface area (Å²) in [6, 6.07) is 2.30. The molecule has 20 heavy (non-hydrogen) atoms. The van der Waals surface area contributed by atoms with Crippen LogP contribution in [0.15, 0.2) is 12.1 Å². The van der Waals surface area contributed by atoms with Crippen molar-refractivity contribution in [3.05, 3.63) is 35.1 Å². The van der Waals surface area contributed by atoms with Gasteiger partial charge >= 0.3 is 0 Å². The molecule has 1 saturated heterocycles. The molecule has 1 heterocycles. The SMILES string of the molecule is Fc1ccc([C@H](CC2CC2)N2CCNCC2)c(F)c1F. The molecule has 1 aliphatic heterocycles. The summed E-state index contributed by atoms with van der Waals surface area (Å²) >= 11 is 0. The number of nitrogens with one attached hydrogen (secondary N) is 1. The first-order chi connectivity index (χ1) is 9.66. The van der Waals surface area contributed by atoms with E-state index in [1.54, 1.807) is 0 Å². The van der Waals surface area contributed by atoms with Gasteiger partial charge in [0, 0.05) is 37.8 Å². The minimum absolute atomic E-state index is 0.139. The van der Waals surface area contributed by atoms with Crippen LogP contribution in [0.1, 0.15) is 30.9 Å². The van der Waals surface area contributed by atoms with Gasteiger partial charge in [-0.1, -0.05) is 18.9 Å². The first-order valence-corrected chi connectivity index (χ1v) is 7.25. The third kappa shape index (κ3) is 2.83. The molecule has 1 N–H and O–H groups in total. The second-order valence-corrected chi connectivity index (χ2v) is 5.75. The highest BCUT2D eigenvalue weighted by atomic mass is 19.2. The van der Waals surface area contributed by atoms with Crippen molar-refractivity contribution in [3.8, 4) is 0 Å². The molecule has 3 rings (SSSR count). The summed E-state index contributed by atoms with van der Waals surface area (Å²) in [5.74, 6) is -2.88. The van der Waals surface area contributed by atoms with Crippen molar-refractivity contribution >= 4 is 0 Å². The maximum atomic E-state index is 14.1. The van der Waals surface area contributed by atoms with Crippen molar-refractivity contribution in [2.24, 2.45) is 5.92 Å². The fourth-order valence-corrected chi connectivity index (χ4v) is 2.93. The molecule has 1 aromatic carbocycles. The van der Waals surface area contributed by atoms with E-state index in [0.29, 0.717) is 11.5 Å². The summed E-state index contributed by atoms with van der Waals surface area (Å²) < 4.78 is 40.7. The summed E-state index contributed by atoms with van der Waals surface area (Å²) in [5, 5.41) is 3.26. The van der Waals surface area contributed by atoms with Crippen molar-refractivity contribution in [1.29, 1.82) is 0 Å². The van der Waals surface area contributed by atoms with Gasteiger partial charge < -0.3 is 5.32 Å². The molecule has 0 aromatic heterocycles. The standard InChI is InChI=1S/C15H19F3N2/c16-12-4-3-11(14(17)15(12)18)13(9-10-1-2-10)20-7-5-19-6-8-20/h3-4,10,13,19H,1-2,5-9H2/t13-/m0/s1. The molecule has 0 amide bonds. The van der Waals surface area contributed by atoms with Gasteiger partial charge in [-0.3, -0.25) is 4.90 Å². The van der Waals surface area contributed by atoms with E-state index in [9.17, 15) is 13.2 Å². The molecule has 2 fully saturated rings. The summed E-state index contributed by atoms with van der Waals surface area (Å²) in [6.07, 6.45) is 3.16. The van der Waals surface area contributed by atoms with E-state index in [2.05, 4.69) is 10.2 Å². The van der Waals surface area contributed by atoms with Crippen LogP contribution >= 0.6 is 0 Å². The molecule has 1 saturated carbocycles. The topological polar surface area (TPSA) is 15.3 Å². The lowest BCUT2D eigenvalue weighted by Gasteiger charge is -2.35. The lowest BCUT2D eigenvalue weighted by Crippen LogP contribution is -2.45. The van der Waals surface area contributed by atoms with Crippen molar-refractivity contribution in [3.63, 3.8) is 0 Å². The second kappa shape index (κ2) is 5.74. The smallest absolute Gasteiger partial charge is 0.194 e. The van der Waals surface area contributed by atoms with Gasteiger partial charge in [0.1, 0.15) is 0 Å². The number of hydrogen-bond donors (Lipinski definition) is 1. The number of benzene rings is 1. The molecule has 0 bridgehead atoms. The molecule has 1 aliphatic carbocycles. The van der Waals surface area contributed by atoms with Crippen LogP contribution < -0.4 is 5.32 Å². The molecule has 0 radical (unpaired) electrons. The maximum Gasteiger partial charge on any atom is 0.194 e. The van der Waals surface area contributed by atoms with Crippen LogP contribution in [-0.4, -0.2) is 31.1 Å². The van der Waals surface area contributed by atoms with Gasteiger partial charge in [-0.15, -0.1) is 0 Å². The van der Waals surface area contributed by atoms with E-state index in [0.717, 1.165) is 51.5 Å². The zero-order valence-electron chi connectivity index (χ0n) is 11.3. The van der Waals surface area contributed by atoms with Crippen LogP contribution in [0.2, 0.25) is 0 Å². The maximum absolute atomic E-state index is 14.1. The minimum atomic E-state index is -1.35. The zero-order chi connectivity index (χ0) is 14.1. The van der Waals surface area contributed by atoms with Crippen molar-refractivity contribution in [2.75, 3.05) is 26.2 Å². The highest BCUT2D eigenvalue weighted by molar-refractivity contribution is 5.24. The van der Waals surface area contributed by atoms with Crippen LogP contribution in [0, 0.1) is 23.4 Å². The third-order valence-corrected chi connectivity index (χ3v) is 4.27. The van der Waals surface area contributed by atoms with E-state index in [-0.39, 0.29) is 6.04 Å². The Morgan fingerprint density at radius 1 is 1.10 bits per heavy atom. The first-order valence-electron chi connectivity index (χ1n) is 7.25. The Bertz CT molecular complexity index is 482. The number of rotatable bonds is 4. The summed E-state index contributed by atoms with van der Waals surface area (Å²) in [5.41, 5.74) is 0.303. The zero-order valence-corrected chi connectivity index (χ0v) is 11.3. The second-order valence-electron chi connectivity index (χ2n) is 5.75. The molecule has 0 unspecified atom stereocenters. The Morgan fingerprint density at radius 3 is 2.45 bits per heavy atom. The largest absolute Gasteiger partial charge is 0.314 e. The fraction of sp³-hybridized carbons (Fsp3) is 0.600. The average molecular weight is 284 g/mol. The number of nitrogens with zero attached hydrogens (tertiary/aromatic N) is 1. The van der Waals surface area contributed by atoms with E-state index in [1.165, 1.54) is 6.07 Å². The van der Waals surface area contributed by atoms with Crippen molar-refractivity contribution in [1.82, 2.24) is 10.2 Å². The Hall–Kier alpha value is -1.07. The Morgan fingerprint density at radius 2 is 1.80 bits per heavy atom. The van der Waals surface area contributed by atoms with E-state index >= 15 is 0 Å². The molecule has 110 valence electrons. The average Bonchev–Trinajstić information content (AvgIpc) is 3.28. The van der Waals surface area contributed by atoms with E-state index in [1.807, 2.05) is 0 Å². The van der Waals surface area contributed by atoms with Gasteiger partial charge in [0.05, 0.1) is 0 Å². The Balaban J connectivity index is 1.89.